The third-order valence-electron chi connectivity index (χ3n) is 2.05. The van der Waals surface area contributed by atoms with Crippen molar-refractivity contribution in [2.24, 2.45) is 10.7 Å². The van der Waals surface area contributed by atoms with E-state index in [1.807, 2.05) is 38.1 Å². The lowest BCUT2D eigenvalue weighted by Crippen LogP contribution is -2.12. The summed E-state index contributed by atoms with van der Waals surface area (Å²) >= 11 is 1.51. The van der Waals surface area contributed by atoms with E-state index < -0.39 is 0 Å². The van der Waals surface area contributed by atoms with Gasteiger partial charge in [-0.25, -0.2) is 0 Å². The molecule has 0 radical (unpaired) electrons. The van der Waals surface area contributed by atoms with Gasteiger partial charge in [-0.2, -0.15) is 0 Å². The number of nitrogens with zero attached hydrogens (tertiary/aromatic N) is 1. The summed E-state index contributed by atoms with van der Waals surface area (Å²) in [6.45, 7) is 4.61. The molecule has 5 heteroatoms. The lowest BCUT2D eigenvalue weighted by Gasteiger charge is -2.07. The third-order valence-corrected chi connectivity index (χ3v) is 2.82. The number of thioether (sulfide) groups is 1. The Morgan fingerprint density at radius 1 is 1.28 bits per heavy atom. The molecule has 0 spiro atoms. The van der Waals surface area contributed by atoms with E-state index in [4.69, 9.17) is 15.2 Å². The molecule has 0 atom stereocenters. The van der Waals surface area contributed by atoms with Gasteiger partial charge in [-0.05, 0) is 38.1 Å². The van der Waals surface area contributed by atoms with Gasteiger partial charge in [0.1, 0.15) is 11.5 Å². The fraction of sp³-hybridized carbons (Fsp3) is 0.462. The van der Waals surface area contributed by atoms with Crippen molar-refractivity contribution in [2.45, 2.75) is 19.9 Å². The maximum absolute atomic E-state index is 5.73. The molecule has 4 nitrogen and oxygen atoms in total. The largest absolute Gasteiger partial charge is 0.497 e. The summed E-state index contributed by atoms with van der Waals surface area (Å²) in [6, 6.07) is 7.75. The second-order valence-corrected chi connectivity index (χ2v) is 5.05. The SMILES string of the molecule is COc1ccc(OCCSC(N)=NC(C)C)cc1. The van der Waals surface area contributed by atoms with Gasteiger partial charge >= 0.3 is 0 Å². The molecule has 0 amide bonds. The van der Waals surface area contributed by atoms with Crippen LogP contribution in [0.25, 0.3) is 0 Å². The van der Waals surface area contributed by atoms with E-state index in [0.29, 0.717) is 11.8 Å². The second kappa shape index (κ2) is 7.87. The summed E-state index contributed by atoms with van der Waals surface area (Å²) in [5.41, 5.74) is 5.73. The molecule has 0 aliphatic carbocycles. The quantitative estimate of drug-likeness (QED) is 0.489. The average molecular weight is 268 g/mol. The molecule has 0 fully saturated rings. The molecular weight excluding hydrogens is 248 g/mol. The Balaban J connectivity index is 2.25. The number of methoxy groups -OCH3 is 1. The number of aliphatic imine (C=N–C) groups is 1. The summed E-state index contributed by atoms with van der Waals surface area (Å²) in [4.78, 5) is 4.23. The van der Waals surface area contributed by atoms with E-state index >= 15 is 0 Å². The molecule has 1 rings (SSSR count). The molecule has 0 saturated carbocycles. The first kappa shape index (κ1) is 14.7. The maximum atomic E-state index is 5.73. The van der Waals surface area contributed by atoms with E-state index in [-0.39, 0.29) is 6.04 Å². The second-order valence-electron chi connectivity index (χ2n) is 3.93. The molecular formula is C13H20N2O2S. The minimum atomic E-state index is 0.236. The molecule has 100 valence electrons. The topological polar surface area (TPSA) is 56.8 Å². The Hall–Kier alpha value is -1.36. The zero-order valence-corrected chi connectivity index (χ0v) is 11.9. The van der Waals surface area contributed by atoms with Crippen LogP contribution in [-0.4, -0.2) is 30.7 Å². The minimum absolute atomic E-state index is 0.236. The van der Waals surface area contributed by atoms with Crippen LogP contribution in [-0.2, 0) is 0 Å². The minimum Gasteiger partial charge on any atom is -0.497 e. The summed E-state index contributed by atoms with van der Waals surface area (Å²) in [5, 5.41) is 0.614. The molecule has 1 aromatic rings. The van der Waals surface area contributed by atoms with Crippen molar-refractivity contribution in [3.8, 4) is 11.5 Å². The lowest BCUT2D eigenvalue weighted by atomic mass is 10.3. The molecule has 0 aliphatic heterocycles. The molecule has 0 unspecified atom stereocenters. The average Bonchev–Trinajstić information content (AvgIpc) is 2.34. The monoisotopic (exact) mass is 268 g/mol. The van der Waals surface area contributed by atoms with Crippen LogP contribution in [0.1, 0.15) is 13.8 Å². The Morgan fingerprint density at radius 2 is 1.89 bits per heavy atom. The van der Waals surface area contributed by atoms with Crippen LogP contribution in [0, 0.1) is 0 Å². The van der Waals surface area contributed by atoms with E-state index in [2.05, 4.69) is 4.99 Å². The summed E-state index contributed by atoms with van der Waals surface area (Å²) < 4.78 is 10.6. The first-order valence-corrected chi connectivity index (χ1v) is 6.83. The number of hydrogen-bond donors (Lipinski definition) is 1. The number of ether oxygens (including phenoxy) is 2. The molecule has 1 aromatic carbocycles. The fourth-order valence-electron chi connectivity index (χ4n) is 1.27. The smallest absolute Gasteiger partial charge is 0.154 e. The van der Waals surface area contributed by atoms with Crippen LogP contribution < -0.4 is 15.2 Å². The predicted molar refractivity (Wildman–Crippen MR) is 77.7 cm³/mol. The van der Waals surface area contributed by atoms with Gasteiger partial charge in [0.15, 0.2) is 5.17 Å². The van der Waals surface area contributed by atoms with Gasteiger partial charge in [-0.3, -0.25) is 4.99 Å². The van der Waals surface area contributed by atoms with Gasteiger partial charge in [-0.1, -0.05) is 11.8 Å². The van der Waals surface area contributed by atoms with Crippen LogP contribution in [0.15, 0.2) is 29.3 Å². The lowest BCUT2D eigenvalue weighted by molar-refractivity contribution is 0.343. The number of rotatable bonds is 6. The molecule has 0 heterocycles. The molecule has 0 bridgehead atoms. The van der Waals surface area contributed by atoms with Crippen LogP contribution >= 0.6 is 11.8 Å². The van der Waals surface area contributed by atoms with Crippen LogP contribution in [0.5, 0.6) is 11.5 Å². The van der Waals surface area contributed by atoms with Gasteiger partial charge in [0.2, 0.25) is 0 Å². The van der Waals surface area contributed by atoms with Crippen LogP contribution in [0.3, 0.4) is 0 Å². The van der Waals surface area contributed by atoms with Gasteiger partial charge in [0.25, 0.3) is 0 Å². The van der Waals surface area contributed by atoms with Gasteiger partial charge in [0, 0.05) is 11.8 Å². The predicted octanol–water partition coefficient (Wildman–Crippen LogP) is 2.53. The summed E-state index contributed by atoms with van der Waals surface area (Å²) in [6.07, 6.45) is 0. The van der Waals surface area contributed by atoms with Crippen molar-refractivity contribution in [2.75, 3.05) is 19.5 Å². The normalized spacial score (nSPS) is 11.7. The number of amidine groups is 1. The Bertz CT molecular complexity index is 377. The highest BCUT2D eigenvalue weighted by atomic mass is 32.2. The highest BCUT2D eigenvalue weighted by molar-refractivity contribution is 8.13. The van der Waals surface area contributed by atoms with E-state index in [1.165, 1.54) is 11.8 Å². The standard InChI is InChI=1S/C13H20N2O2S/c1-10(2)15-13(14)18-9-8-17-12-6-4-11(16-3)5-7-12/h4-7,10H,8-9H2,1-3H3,(H2,14,15). The molecule has 0 aromatic heterocycles. The third kappa shape index (κ3) is 5.82. The Labute approximate surface area is 113 Å². The van der Waals surface area contributed by atoms with E-state index in [9.17, 15) is 0 Å². The van der Waals surface area contributed by atoms with Crippen molar-refractivity contribution < 1.29 is 9.47 Å². The number of hydrogen-bond acceptors (Lipinski definition) is 4. The zero-order valence-electron chi connectivity index (χ0n) is 11.1. The van der Waals surface area contributed by atoms with Crippen LogP contribution in [0.4, 0.5) is 0 Å². The first-order valence-electron chi connectivity index (χ1n) is 5.84. The molecule has 0 aliphatic rings. The zero-order chi connectivity index (χ0) is 13.4. The van der Waals surface area contributed by atoms with Crippen molar-refractivity contribution in [1.82, 2.24) is 0 Å². The van der Waals surface area contributed by atoms with Crippen LogP contribution in [0.2, 0.25) is 0 Å². The van der Waals surface area contributed by atoms with Gasteiger partial charge < -0.3 is 15.2 Å². The number of nitrogens with two attached hydrogens (primary N) is 1. The molecule has 18 heavy (non-hydrogen) atoms. The van der Waals surface area contributed by atoms with Crippen molar-refractivity contribution in [1.29, 1.82) is 0 Å². The highest BCUT2D eigenvalue weighted by Crippen LogP contribution is 2.17. The van der Waals surface area contributed by atoms with Gasteiger partial charge in [0.05, 0.1) is 13.7 Å². The molecule has 0 saturated heterocycles. The van der Waals surface area contributed by atoms with Crippen molar-refractivity contribution in [3.63, 3.8) is 0 Å². The first-order chi connectivity index (χ1) is 8.61. The molecule has 2 N–H and O–H groups in total. The van der Waals surface area contributed by atoms with Crippen molar-refractivity contribution >= 4 is 16.9 Å². The Kier molecular flexibility index (Phi) is 6.43. The van der Waals surface area contributed by atoms with Crippen molar-refractivity contribution in [3.05, 3.63) is 24.3 Å². The fourth-order valence-corrected chi connectivity index (χ4v) is 1.93. The summed E-state index contributed by atoms with van der Waals surface area (Å²) in [7, 11) is 1.64. The van der Waals surface area contributed by atoms with E-state index in [0.717, 1.165) is 17.3 Å². The van der Waals surface area contributed by atoms with Gasteiger partial charge in [-0.15, -0.1) is 0 Å². The maximum Gasteiger partial charge on any atom is 0.154 e. The summed E-state index contributed by atoms with van der Waals surface area (Å²) in [5.74, 6) is 2.44. The Morgan fingerprint density at radius 3 is 2.44 bits per heavy atom. The van der Waals surface area contributed by atoms with E-state index in [1.54, 1.807) is 7.11 Å². The highest BCUT2D eigenvalue weighted by Gasteiger charge is 1.98. The number of benzene rings is 1.